The molecule has 2 rings (SSSR count). The summed E-state index contributed by atoms with van der Waals surface area (Å²) in [6.45, 7) is 6.98. The number of carboxylic acids is 1. The first-order valence-electron chi connectivity index (χ1n) is 6.90. The smallest absolute Gasteiger partial charge is 0.331 e. The third-order valence-electron chi connectivity index (χ3n) is 3.46. The Bertz CT molecular complexity index is 697. The van der Waals surface area contributed by atoms with Gasteiger partial charge in [-0.25, -0.2) is 4.79 Å². The Balaban J connectivity index is 2.18. The second-order valence-corrected chi connectivity index (χ2v) is 5.85. The van der Waals surface area contributed by atoms with Crippen LogP contribution < -0.4 is 5.32 Å². The largest absolute Gasteiger partial charge is 0.479 e. The minimum Gasteiger partial charge on any atom is -0.479 e. The van der Waals surface area contributed by atoms with Gasteiger partial charge >= 0.3 is 5.97 Å². The number of hydrogen-bond acceptors (Lipinski definition) is 4. The van der Waals surface area contributed by atoms with Crippen LogP contribution in [-0.2, 0) is 10.3 Å². The quantitative estimate of drug-likeness (QED) is 0.885. The van der Waals surface area contributed by atoms with Crippen molar-refractivity contribution >= 4 is 17.6 Å². The zero-order chi connectivity index (χ0) is 16.5. The number of aliphatic carboxylic acids is 1. The van der Waals surface area contributed by atoms with E-state index in [-0.39, 0.29) is 17.6 Å². The summed E-state index contributed by atoms with van der Waals surface area (Å²) in [7, 11) is 0. The summed E-state index contributed by atoms with van der Waals surface area (Å²) in [5.41, 5.74) is 0.0257. The Labute approximate surface area is 127 Å². The molecule has 0 atom stereocenters. The van der Waals surface area contributed by atoms with Gasteiger partial charge in [-0.1, -0.05) is 13.8 Å². The maximum absolute atomic E-state index is 12.2. The molecule has 118 valence electrons. The molecule has 1 amide bonds. The van der Waals surface area contributed by atoms with E-state index in [1.807, 2.05) is 13.8 Å². The lowest BCUT2D eigenvalue weighted by Crippen LogP contribution is -2.35. The normalized spacial score (nSPS) is 11.7. The van der Waals surface area contributed by atoms with Crippen molar-refractivity contribution in [3.05, 3.63) is 36.0 Å². The number of anilines is 1. The first kappa shape index (κ1) is 15.8. The lowest BCUT2D eigenvalue weighted by molar-refractivity contribution is -0.146. The lowest BCUT2D eigenvalue weighted by atomic mass is 10.0. The van der Waals surface area contributed by atoms with Crippen LogP contribution in [-0.4, -0.2) is 26.8 Å². The predicted octanol–water partition coefficient (Wildman–Crippen LogP) is 2.67. The number of nitrogens with one attached hydrogen (secondary N) is 1. The van der Waals surface area contributed by atoms with Crippen LogP contribution in [0, 0.1) is 0 Å². The molecular formula is C15H19N3O4. The zero-order valence-electron chi connectivity index (χ0n) is 13.0. The van der Waals surface area contributed by atoms with Crippen LogP contribution in [0.1, 0.15) is 49.7 Å². The first-order chi connectivity index (χ1) is 10.2. The first-order valence-corrected chi connectivity index (χ1v) is 6.90. The summed E-state index contributed by atoms with van der Waals surface area (Å²) in [5.74, 6) is -0.989. The number of carboxylic acid groups (broad SMARTS) is 1. The second kappa shape index (κ2) is 5.67. The summed E-state index contributed by atoms with van der Waals surface area (Å²) < 4.78 is 6.53. The molecule has 7 nitrogen and oxygen atoms in total. The molecule has 0 fully saturated rings. The highest BCUT2D eigenvalue weighted by Crippen LogP contribution is 2.22. The van der Waals surface area contributed by atoms with Crippen LogP contribution in [0.4, 0.5) is 5.69 Å². The molecule has 0 spiro atoms. The Morgan fingerprint density at radius 1 is 1.41 bits per heavy atom. The minimum atomic E-state index is -1.20. The van der Waals surface area contributed by atoms with Gasteiger partial charge in [-0.15, -0.1) is 0 Å². The third-order valence-corrected chi connectivity index (χ3v) is 3.46. The molecule has 0 bridgehead atoms. The van der Waals surface area contributed by atoms with E-state index in [1.54, 1.807) is 6.07 Å². The standard InChI is InChI=1S/C15H19N3O4/c1-9(2)11-5-6-22-12(11)13(19)17-10-7-16-18(8-10)15(3,4)14(20)21/h5-9H,1-4H3,(H,17,19)(H,20,21). The van der Waals surface area contributed by atoms with Gasteiger partial charge in [-0.3, -0.25) is 9.48 Å². The van der Waals surface area contributed by atoms with Gasteiger partial charge < -0.3 is 14.8 Å². The average molecular weight is 305 g/mol. The number of carbonyl (C=O) groups is 2. The fourth-order valence-corrected chi connectivity index (χ4v) is 1.94. The van der Waals surface area contributed by atoms with E-state index < -0.39 is 11.5 Å². The van der Waals surface area contributed by atoms with Gasteiger partial charge in [0.25, 0.3) is 5.91 Å². The van der Waals surface area contributed by atoms with Crippen molar-refractivity contribution in [1.82, 2.24) is 9.78 Å². The molecule has 0 saturated carbocycles. The van der Waals surface area contributed by atoms with Gasteiger partial charge in [0, 0.05) is 11.8 Å². The van der Waals surface area contributed by atoms with E-state index in [0.29, 0.717) is 5.69 Å². The Morgan fingerprint density at radius 2 is 2.09 bits per heavy atom. The van der Waals surface area contributed by atoms with Crippen molar-refractivity contribution in [1.29, 1.82) is 0 Å². The number of hydrogen-bond donors (Lipinski definition) is 2. The van der Waals surface area contributed by atoms with Crippen LogP contribution in [0.25, 0.3) is 0 Å². The van der Waals surface area contributed by atoms with Crippen molar-refractivity contribution in [2.75, 3.05) is 5.32 Å². The van der Waals surface area contributed by atoms with E-state index in [1.165, 1.54) is 37.2 Å². The van der Waals surface area contributed by atoms with Gasteiger partial charge in [0.05, 0.1) is 18.1 Å². The van der Waals surface area contributed by atoms with Gasteiger partial charge in [0.2, 0.25) is 0 Å². The number of amides is 1. The van der Waals surface area contributed by atoms with E-state index >= 15 is 0 Å². The molecule has 22 heavy (non-hydrogen) atoms. The predicted molar refractivity (Wildman–Crippen MR) is 79.9 cm³/mol. The molecule has 0 radical (unpaired) electrons. The molecule has 0 saturated heterocycles. The lowest BCUT2D eigenvalue weighted by Gasteiger charge is -2.19. The zero-order valence-corrected chi connectivity index (χ0v) is 13.0. The Morgan fingerprint density at radius 3 is 2.68 bits per heavy atom. The minimum absolute atomic E-state index is 0.160. The second-order valence-electron chi connectivity index (χ2n) is 5.85. The van der Waals surface area contributed by atoms with E-state index in [9.17, 15) is 14.7 Å². The number of nitrogens with zero attached hydrogens (tertiary/aromatic N) is 2. The highest BCUT2D eigenvalue weighted by molar-refractivity contribution is 6.03. The summed E-state index contributed by atoms with van der Waals surface area (Å²) in [6, 6.07) is 1.76. The van der Waals surface area contributed by atoms with E-state index in [4.69, 9.17) is 4.42 Å². The van der Waals surface area contributed by atoms with Gasteiger partial charge in [0.15, 0.2) is 11.3 Å². The summed E-state index contributed by atoms with van der Waals surface area (Å²) in [6.07, 6.45) is 4.35. The van der Waals surface area contributed by atoms with Gasteiger partial charge in [-0.2, -0.15) is 5.10 Å². The molecule has 2 N–H and O–H groups in total. The van der Waals surface area contributed by atoms with Crippen molar-refractivity contribution in [3.8, 4) is 0 Å². The highest BCUT2D eigenvalue weighted by atomic mass is 16.4. The van der Waals surface area contributed by atoms with Gasteiger partial charge in [0.1, 0.15) is 0 Å². The number of carbonyl (C=O) groups excluding carboxylic acids is 1. The van der Waals surface area contributed by atoms with Crippen LogP contribution >= 0.6 is 0 Å². The van der Waals surface area contributed by atoms with Crippen LogP contribution in [0.5, 0.6) is 0 Å². The summed E-state index contributed by atoms with van der Waals surface area (Å²) >= 11 is 0. The fraction of sp³-hybridized carbons (Fsp3) is 0.400. The van der Waals surface area contributed by atoms with Crippen molar-refractivity contribution < 1.29 is 19.1 Å². The van der Waals surface area contributed by atoms with Crippen molar-refractivity contribution in [3.63, 3.8) is 0 Å². The van der Waals surface area contributed by atoms with Crippen molar-refractivity contribution in [2.24, 2.45) is 0 Å². The molecule has 0 aliphatic heterocycles. The summed E-state index contributed by atoms with van der Waals surface area (Å²) in [4.78, 5) is 23.4. The van der Waals surface area contributed by atoms with Gasteiger partial charge in [-0.05, 0) is 25.8 Å². The van der Waals surface area contributed by atoms with E-state index in [0.717, 1.165) is 5.56 Å². The molecule has 7 heteroatoms. The average Bonchev–Trinajstić information content (AvgIpc) is 3.06. The van der Waals surface area contributed by atoms with Crippen LogP contribution in [0.2, 0.25) is 0 Å². The molecule has 2 aromatic heterocycles. The Hall–Kier alpha value is -2.57. The number of furan rings is 1. The topological polar surface area (TPSA) is 97.4 Å². The maximum Gasteiger partial charge on any atom is 0.331 e. The third kappa shape index (κ3) is 2.88. The molecule has 2 heterocycles. The van der Waals surface area contributed by atoms with E-state index in [2.05, 4.69) is 10.4 Å². The molecule has 0 aliphatic carbocycles. The molecule has 0 unspecified atom stereocenters. The summed E-state index contributed by atoms with van der Waals surface area (Å²) in [5, 5.41) is 15.8. The maximum atomic E-state index is 12.2. The SMILES string of the molecule is CC(C)c1ccoc1C(=O)Nc1cnn(C(C)(C)C(=O)O)c1. The van der Waals surface area contributed by atoms with Crippen LogP contribution in [0.15, 0.2) is 29.1 Å². The molecular weight excluding hydrogens is 286 g/mol. The van der Waals surface area contributed by atoms with Crippen LogP contribution in [0.3, 0.4) is 0 Å². The fourth-order valence-electron chi connectivity index (χ4n) is 1.94. The van der Waals surface area contributed by atoms with Crippen molar-refractivity contribution in [2.45, 2.75) is 39.2 Å². The monoisotopic (exact) mass is 305 g/mol. The number of aromatic nitrogens is 2. The highest BCUT2D eigenvalue weighted by Gasteiger charge is 2.30. The number of rotatable bonds is 5. The molecule has 2 aromatic rings. The molecule has 0 aliphatic rings. The Kier molecular flexibility index (Phi) is 4.07. The molecule has 0 aromatic carbocycles.